The highest BCUT2D eigenvalue weighted by molar-refractivity contribution is 9.10. The minimum atomic E-state index is -3.03. The predicted molar refractivity (Wildman–Crippen MR) is 70.8 cm³/mol. The van der Waals surface area contributed by atoms with Crippen molar-refractivity contribution < 1.29 is 17.6 Å². The summed E-state index contributed by atoms with van der Waals surface area (Å²) in [7, 11) is -3.03. The highest BCUT2D eigenvalue weighted by atomic mass is 79.9. The van der Waals surface area contributed by atoms with Crippen LogP contribution in [-0.4, -0.2) is 32.9 Å². The van der Waals surface area contributed by atoms with E-state index in [9.17, 15) is 17.6 Å². The Labute approximate surface area is 114 Å². The van der Waals surface area contributed by atoms with Crippen molar-refractivity contribution >= 4 is 31.7 Å². The van der Waals surface area contributed by atoms with Crippen LogP contribution in [0.4, 0.5) is 4.39 Å². The lowest BCUT2D eigenvalue weighted by molar-refractivity contribution is 0.0949. The number of hydrogen-bond acceptors (Lipinski definition) is 3. The number of nitrogens with one attached hydrogen (secondary N) is 1. The van der Waals surface area contributed by atoms with Crippen molar-refractivity contribution in [3.63, 3.8) is 0 Å². The average molecular weight is 338 g/mol. The molecule has 0 radical (unpaired) electrons. The molecule has 1 rings (SSSR count). The van der Waals surface area contributed by atoms with Crippen molar-refractivity contribution in [1.29, 1.82) is 0 Å². The first kappa shape index (κ1) is 15.1. The number of rotatable bonds is 5. The van der Waals surface area contributed by atoms with Gasteiger partial charge < -0.3 is 5.32 Å². The van der Waals surface area contributed by atoms with Crippen LogP contribution < -0.4 is 5.32 Å². The Balaban J connectivity index is 2.53. The second kappa shape index (κ2) is 6.29. The van der Waals surface area contributed by atoms with Crippen LogP contribution in [0, 0.1) is 5.82 Å². The van der Waals surface area contributed by atoms with Gasteiger partial charge in [0, 0.05) is 17.3 Å². The predicted octanol–water partition coefficient (Wildman–Crippen LogP) is 1.75. The van der Waals surface area contributed by atoms with Gasteiger partial charge in [0.1, 0.15) is 15.7 Å². The molecule has 0 fully saturated rings. The topological polar surface area (TPSA) is 63.2 Å². The number of carbonyl (C=O) groups is 1. The van der Waals surface area contributed by atoms with E-state index in [0.717, 1.165) is 6.26 Å². The van der Waals surface area contributed by atoms with Gasteiger partial charge in [0.15, 0.2) is 0 Å². The van der Waals surface area contributed by atoms with Gasteiger partial charge in [0.25, 0.3) is 5.91 Å². The van der Waals surface area contributed by atoms with Crippen LogP contribution in [-0.2, 0) is 9.84 Å². The molecule has 0 aliphatic rings. The number of carbonyl (C=O) groups excluding carboxylic acids is 1. The summed E-state index contributed by atoms with van der Waals surface area (Å²) in [5, 5.41) is 2.48. The summed E-state index contributed by atoms with van der Waals surface area (Å²) in [6.45, 7) is 0.192. The summed E-state index contributed by atoms with van der Waals surface area (Å²) in [5.41, 5.74) is -0.0660. The molecule has 4 nitrogen and oxygen atoms in total. The fraction of sp³-hybridized carbons (Fsp3) is 0.364. The van der Waals surface area contributed by atoms with Crippen LogP contribution in [0.1, 0.15) is 16.8 Å². The zero-order chi connectivity index (χ0) is 13.8. The summed E-state index contributed by atoms with van der Waals surface area (Å²) in [4.78, 5) is 11.6. The second-order valence-electron chi connectivity index (χ2n) is 3.86. The van der Waals surface area contributed by atoms with Crippen molar-refractivity contribution in [3.05, 3.63) is 34.1 Å². The lowest BCUT2D eigenvalue weighted by Crippen LogP contribution is -2.26. The molecular weight excluding hydrogens is 325 g/mol. The Morgan fingerprint density at radius 2 is 2.11 bits per heavy atom. The van der Waals surface area contributed by atoms with Gasteiger partial charge in [-0.05, 0) is 24.6 Å². The molecule has 0 aliphatic carbocycles. The molecule has 1 amide bonds. The molecule has 18 heavy (non-hydrogen) atoms. The Morgan fingerprint density at radius 1 is 1.44 bits per heavy atom. The van der Waals surface area contributed by atoms with Crippen molar-refractivity contribution in [2.24, 2.45) is 0 Å². The number of amides is 1. The second-order valence-corrected chi connectivity index (χ2v) is 7.04. The summed E-state index contributed by atoms with van der Waals surface area (Å²) in [6, 6.07) is 4.06. The number of halogens is 2. The van der Waals surface area contributed by atoms with E-state index in [2.05, 4.69) is 21.2 Å². The first-order valence-electron chi connectivity index (χ1n) is 5.20. The standard InChI is InChI=1S/C11H13BrFNO3S/c1-18(16,17)6-2-5-14-11(15)9-7-8(12)3-4-10(9)13/h3-4,7H,2,5-6H2,1H3,(H,14,15). The van der Waals surface area contributed by atoms with Gasteiger partial charge in [0.05, 0.1) is 11.3 Å². The van der Waals surface area contributed by atoms with E-state index in [1.54, 1.807) is 0 Å². The van der Waals surface area contributed by atoms with Crippen LogP contribution >= 0.6 is 15.9 Å². The third-order valence-corrected chi connectivity index (χ3v) is 3.67. The molecule has 0 unspecified atom stereocenters. The van der Waals surface area contributed by atoms with E-state index in [-0.39, 0.29) is 17.9 Å². The van der Waals surface area contributed by atoms with Crippen LogP contribution in [0.5, 0.6) is 0 Å². The third kappa shape index (κ3) is 5.14. The summed E-state index contributed by atoms with van der Waals surface area (Å²) < 4.78 is 35.7. The lowest BCUT2D eigenvalue weighted by Gasteiger charge is -2.06. The van der Waals surface area contributed by atoms with Gasteiger partial charge in [-0.1, -0.05) is 15.9 Å². The van der Waals surface area contributed by atoms with Gasteiger partial charge in [-0.2, -0.15) is 0 Å². The van der Waals surface area contributed by atoms with E-state index in [4.69, 9.17) is 0 Å². The highest BCUT2D eigenvalue weighted by Gasteiger charge is 2.11. The maximum absolute atomic E-state index is 13.3. The Hall–Kier alpha value is -0.950. The molecule has 0 bridgehead atoms. The average Bonchev–Trinajstić information content (AvgIpc) is 2.26. The highest BCUT2D eigenvalue weighted by Crippen LogP contribution is 2.15. The smallest absolute Gasteiger partial charge is 0.254 e. The largest absolute Gasteiger partial charge is 0.352 e. The van der Waals surface area contributed by atoms with Crippen molar-refractivity contribution in [2.45, 2.75) is 6.42 Å². The lowest BCUT2D eigenvalue weighted by atomic mass is 10.2. The number of sulfone groups is 1. The van der Waals surface area contributed by atoms with Crippen molar-refractivity contribution in [3.8, 4) is 0 Å². The minimum Gasteiger partial charge on any atom is -0.352 e. The zero-order valence-electron chi connectivity index (χ0n) is 9.74. The van der Waals surface area contributed by atoms with E-state index in [0.29, 0.717) is 10.9 Å². The molecular formula is C11H13BrFNO3S. The monoisotopic (exact) mass is 337 g/mol. The molecule has 0 heterocycles. The molecule has 0 saturated carbocycles. The zero-order valence-corrected chi connectivity index (χ0v) is 12.1. The molecule has 0 aliphatic heterocycles. The molecule has 0 aromatic heterocycles. The Morgan fingerprint density at radius 3 is 2.72 bits per heavy atom. The van der Waals surface area contributed by atoms with E-state index < -0.39 is 21.6 Å². The minimum absolute atomic E-state index is 0.00571. The number of benzene rings is 1. The first-order valence-corrected chi connectivity index (χ1v) is 8.06. The molecule has 1 aromatic carbocycles. The van der Waals surface area contributed by atoms with Crippen LogP contribution in [0.25, 0.3) is 0 Å². The SMILES string of the molecule is CS(=O)(=O)CCCNC(=O)c1cc(Br)ccc1F. The molecule has 1 N–H and O–H groups in total. The maximum atomic E-state index is 13.3. The maximum Gasteiger partial charge on any atom is 0.254 e. The van der Waals surface area contributed by atoms with Gasteiger partial charge in [-0.25, -0.2) is 12.8 Å². The van der Waals surface area contributed by atoms with Crippen molar-refractivity contribution in [2.75, 3.05) is 18.6 Å². The van der Waals surface area contributed by atoms with E-state index in [1.807, 2.05) is 0 Å². The normalized spacial score (nSPS) is 11.3. The summed E-state index contributed by atoms with van der Waals surface area (Å²) in [6.07, 6.45) is 1.43. The molecule has 7 heteroatoms. The fourth-order valence-corrected chi connectivity index (χ4v) is 2.33. The molecule has 0 atom stereocenters. The van der Waals surface area contributed by atoms with E-state index in [1.165, 1.54) is 18.2 Å². The van der Waals surface area contributed by atoms with Gasteiger partial charge >= 0.3 is 0 Å². The Kier molecular flexibility index (Phi) is 5.28. The van der Waals surface area contributed by atoms with Gasteiger partial charge in [-0.15, -0.1) is 0 Å². The van der Waals surface area contributed by atoms with Gasteiger partial charge in [0.2, 0.25) is 0 Å². The molecule has 0 spiro atoms. The quantitative estimate of drug-likeness (QED) is 0.832. The van der Waals surface area contributed by atoms with E-state index >= 15 is 0 Å². The van der Waals surface area contributed by atoms with Crippen LogP contribution in [0.15, 0.2) is 22.7 Å². The summed E-state index contributed by atoms with van der Waals surface area (Å²) in [5.74, 6) is -1.17. The third-order valence-electron chi connectivity index (χ3n) is 2.15. The van der Waals surface area contributed by atoms with Crippen LogP contribution in [0.2, 0.25) is 0 Å². The first-order chi connectivity index (χ1) is 8.29. The molecule has 100 valence electrons. The fourth-order valence-electron chi connectivity index (χ4n) is 1.30. The van der Waals surface area contributed by atoms with Crippen LogP contribution in [0.3, 0.4) is 0 Å². The molecule has 0 saturated heterocycles. The van der Waals surface area contributed by atoms with Crippen molar-refractivity contribution in [1.82, 2.24) is 5.32 Å². The molecule has 1 aromatic rings. The van der Waals surface area contributed by atoms with Gasteiger partial charge in [-0.3, -0.25) is 4.79 Å². The number of hydrogen-bond donors (Lipinski definition) is 1. The Bertz CT molecular complexity index is 545. The summed E-state index contributed by atoms with van der Waals surface area (Å²) >= 11 is 3.15.